The van der Waals surface area contributed by atoms with Crippen LogP contribution in [0.5, 0.6) is 5.75 Å². The van der Waals surface area contributed by atoms with Gasteiger partial charge in [0, 0.05) is 11.1 Å². The van der Waals surface area contributed by atoms with Gasteiger partial charge in [-0.2, -0.15) is 5.10 Å². The van der Waals surface area contributed by atoms with Gasteiger partial charge < -0.3 is 10.8 Å². The molecule has 4 N–H and O–H groups in total. The number of aromatic hydroxyl groups is 1. The smallest absolute Gasteiger partial charge is 0.269 e. The standard InChI is InChI=1S/C15H15N3O2/c1-2-3-8-6-12-13(17-18-14(12)15(16)20)10-5-4-9(19)7-11(8)10/h2,4-5,7-8,19H,1,3,6H2,(H2,16,20)(H,17,18). The SMILES string of the molecule is C=CCC1Cc2c(C(N)=O)n[nH]c2-c2ccc(O)cc21. The minimum Gasteiger partial charge on any atom is -0.508 e. The van der Waals surface area contributed by atoms with Crippen molar-refractivity contribution in [2.24, 2.45) is 5.73 Å². The van der Waals surface area contributed by atoms with Crippen LogP contribution in [-0.2, 0) is 6.42 Å². The van der Waals surface area contributed by atoms with Crippen molar-refractivity contribution >= 4 is 5.91 Å². The Bertz CT molecular complexity index is 703. The molecule has 0 saturated heterocycles. The number of H-pyrrole nitrogens is 1. The highest BCUT2D eigenvalue weighted by atomic mass is 16.3. The lowest BCUT2D eigenvalue weighted by atomic mass is 9.79. The van der Waals surface area contributed by atoms with E-state index < -0.39 is 5.91 Å². The fourth-order valence-electron chi connectivity index (χ4n) is 2.87. The Morgan fingerprint density at radius 3 is 3.10 bits per heavy atom. The number of nitrogens with one attached hydrogen (secondary N) is 1. The summed E-state index contributed by atoms with van der Waals surface area (Å²) in [6.07, 6.45) is 3.26. The lowest BCUT2D eigenvalue weighted by Crippen LogP contribution is -2.17. The van der Waals surface area contributed by atoms with Crippen LogP contribution in [0.15, 0.2) is 30.9 Å². The second-order valence-electron chi connectivity index (χ2n) is 4.99. The molecule has 0 radical (unpaired) electrons. The van der Waals surface area contributed by atoms with Gasteiger partial charge >= 0.3 is 0 Å². The number of carbonyl (C=O) groups is 1. The number of benzene rings is 1. The van der Waals surface area contributed by atoms with Crippen molar-refractivity contribution in [3.63, 3.8) is 0 Å². The number of carbonyl (C=O) groups excluding carboxylic acids is 1. The number of primary amides is 1. The average Bonchev–Trinajstić information content (AvgIpc) is 2.83. The van der Waals surface area contributed by atoms with Crippen molar-refractivity contribution in [3.05, 3.63) is 47.7 Å². The van der Waals surface area contributed by atoms with Crippen molar-refractivity contribution in [2.45, 2.75) is 18.8 Å². The molecule has 102 valence electrons. The zero-order valence-electron chi connectivity index (χ0n) is 10.9. The van der Waals surface area contributed by atoms with Gasteiger partial charge in [-0.25, -0.2) is 0 Å². The van der Waals surface area contributed by atoms with Crippen LogP contribution < -0.4 is 5.73 Å². The third-order valence-electron chi connectivity index (χ3n) is 3.75. The molecule has 0 aliphatic heterocycles. The number of aromatic amines is 1. The van der Waals surface area contributed by atoms with Crippen molar-refractivity contribution in [3.8, 4) is 17.0 Å². The number of nitrogens with zero attached hydrogens (tertiary/aromatic N) is 1. The van der Waals surface area contributed by atoms with Gasteiger partial charge in [0.05, 0.1) is 5.69 Å². The molecule has 20 heavy (non-hydrogen) atoms. The zero-order valence-corrected chi connectivity index (χ0v) is 10.9. The van der Waals surface area contributed by atoms with E-state index in [0.717, 1.165) is 28.8 Å². The van der Waals surface area contributed by atoms with Crippen LogP contribution in [0.3, 0.4) is 0 Å². The maximum absolute atomic E-state index is 11.4. The number of hydrogen-bond donors (Lipinski definition) is 3. The maximum Gasteiger partial charge on any atom is 0.269 e. The monoisotopic (exact) mass is 269 g/mol. The van der Waals surface area contributed by atoms with Gasteiger partial charge in [0.2, 0.25) is 0 Å². The summed E-state index contributed by atoms with van der Waals surface area (Å²) < 4.78 is 0. The van der Waals surface area contributed by atoms with Crippen LogP contribution >= 0.6 is 0 Å². The first-order valence-corrected chi connectivity index (χ1v) is 6.43. The first-order valence-electron chi connectivity index (χ1n) is 6.43. The van der Waals surface area contributed by atoms with Gasteiger partial charge in [-0.1, -0.05) is 6.08 Å². The molecule has 1 unspecified atom stereocenters. The van der Waals surface area contributed by atoms with E-state index in [1.54, 1.807) is 12.1 Å². The molecule has 1 aliphatic carbocycles. The lowest BCUT2D eigenvalue weighted by Gasteiger charge is -2.25. The van der Waals surface area contributed by atoms with Crippen molar-refractivity contribution in [1.29, 1.82) is 0 Å². The van der Waals surface area contributed by atoms with E-state index in [0.29, 0.717) is 12.1 Å². The first-order chi connectivity index (χ1) is 9.61. The van der Waals surface area contributed by atoms with E-state index in [9.17, 15) is 9.90 Å². The normalized spacial score (nSPS) is 16.3. The lowest BCUT2D eigenvalue weighted by molar-refractivity contribution is 0.0994. The molecule has 5 heteroatoms. The molecule has 0 spiro atoms. The summed E-state index contributed by atoms with van der Waals surface area (Å²) in [6.45, 7) is 3.77. The predicted octanol–water partition coefficient (Wildman–Crippen LogP) is 2.10. The van der Waals surface area contributed by atoms with E-state index in [2.05, 4.69) is 16.8 Å². The summed E-state index contributed by atoms with van der Waals surface area (Å²) in [6, 6.07) is 5.22. The second-order valence-corrected chi connectivity index (χ2v) is 4.99. The quantitative estimate of drug-likeness (QED) is 0.745. The Morgan fingerprint density at radius 1 is 1.60 bits per heavy atom. The Balaban J connectivity index is 2.21. The van der Waals surface area contributed by atoms with E-state index >= 15 is 0 Å². The Hall–Kier alpha value is -2.56. The van der Waals surface area contributed by atoms with Gasteiger partial charge in [0.15, 0.2) is 5.69 Å². The van der Waals surface area contributed by atoms with Crippen molar-refractivity contribution in [2.75, 3.05) is 0 Å². The highest BCUT2D eigenvalue weighted by molar-refractivity contribution is 5.94. The first kappa shape index (κ1) is 12.5. The van der Waals surface area contributed by atoms with Crippen LogP contribution in [-0.4, -0.2) is 21.2 Å². The summed E-state index contributed by atoms with van der Waals surface area (Å²) in [5.74, 6) is -0.129. The summed E-state index contributed by atoms with van der Waals surface area (Å²) in [7, 11) is 0. The Labute approximate surface area is 116 Å². The molecule has 1 amide bonds. The molecule has 1 heterocycles. The number of nitrogens with two attached hydrogens (primary N) is 1. The zero-order chi connectivity index (χ0) is 14.3. The van der Waals surface area contributed by atoms with Crippen LogP contribution in [0.1, 0.15) is 34.0 Å². The van der Waals surface area contributed by atoms with E-state index in [1.807, 2.05) is 12.1 Å². The molecule has 0 fully saturated rings. The molecular weight excluding hydrogens is 254 g/mol. The Kier molecular flexibility index (Phi) is 2.82. The molecule has 0 bridgehead atoms. The van der Waals surface area contributed by atoms with Crippen LogP contribution in [0.2, 0.25) is 0 Å². The summed E-state index contributed by atoms with van der Waals surface area (Å²) >= 11 is 0. The van der Waals surface area contributed by atoms with Gasteiger partial charge in [-0.15, -0.1) is 6.58 Å². The van der Waals surface area contributed by atoms with E-state index in [4.69, 9.17) is 5.73 Å². The fraction of sp³-hybridized carbons (Fsp3) is 0.200. The topological polar surface area (TPSA) is 92.0 Å². The summed E-state index contributed by atoms with van der Waals surface area (Å²) in [5, 5.41) is 16.6. The molecule has 1 atom stereocenters. The molecule has 1 aromatic heterocycles. The Morgan fingerprint density at radius 2 is 2.40 bits per heavy atom. The van der Waals surface area contributed by atoms with Crippen molar-refractivity contribution < 1.29 is 9.90 Å². The number of fused-ring (bicyclic) bond motifs is 3. The third-order valence-corrected chi connectivity index (χ3v) is 3.75. The number of phenolic OH excluding ortho intramolecular Hbond substituents is 1. The molecule has 1 aromatic carbocycles. The molecule has 1 aliphatic rings. The molecule has 5 nitrogen and oxygen atoms in total. The molecule has 3 rings (SSSR count). The highest BCUT2D eigenvalue weighted by Crippen LogP contribution is 2.42. The largest absolute Gasteiger partial charge is 0.508 e. The number of phenols is 1. The third kappa shape index (κ3) is 1.79. The highest BCUT2D eigenvalue weighted by Gasteiger charge is 2.29. The number of rotatable bonds is 3. The van der Waals surface area contributed by atoms with Gasteiger partial charge in [0.1, 0.15) is 5.75 Å². The number of hydrogen-bond acceptors (Lipinski definition) is 3. The predicted molar refractivity (Wildman–Crippen MR) is 75.5 cm³/mol. The van der Waals surface area contributed by atoms with Crippen LogP contribution in [0.25, 0.3) is 11.3 Å². The fourth-order valence-corrected chi connectivity index (χ4v) is 2.87. The van der Waals surface area contributed by atoms with Crippen molar-refractivity contribution in [1.82, 2.24) is 10.2 Å². The maximum atomic E-state index is 11.4. The second kappa shape index (κ2) is 4.52. The van der Waals surface area contributed by atoms with E-state index in [1.165, 1.54) is 0 Å². The number of allylic oxidation sites excluding steroid dienone is 1. The van der Waals surface area contributed by atoms with Gasteiger partial charge in [-0.3, -0.25) is 9.89 Å². The number of amides is 1. The molecular formula is C15H15N3O2. The van der Waals surface area contributed by atoms with Crippen LogP contribution in [0, 0.1) is 0 Å². The van der Waals surface area contributed by atoms with Gasteiger partial charge in [-0.05, 0) is 42.5 Å². The molecule has 0 saturated carbocycles. The summed E-state index contributed by atoms with van der Waals surface area (Å²) in [4.78, 5) is 11.4. The minimum absolute atomic E-state index is 0.165. The van der Waals surface area contributed by atoms with Crippen LogP contribution in [0.4, 0.5) is 0 Å². The molecule has 2 aromatic rings. The average molecular weight is 269 g/mol. The van der Waals surface area contributed by atoms with Gasteiger partial charge in [0.25, 0.3) is 5.91 Å². The minimum atomic E-state index is -0.526. The number of aromatic nitrogens is 2. The van der Waals surface area contributed by atoms with E-state index in [-0.39, 0.29) is 11.7 Å². The summed E-state index contributed by atoms with van der Waals surface area (Å²) in [5.41, 5.74) is 9.32.